The summed E-state index contributed by atoms with van der Waals surface area (Å²) in [5, 5.41) is 13.6. The number of nitro benzene ring substituents is 1. The molecule has 1 N–H and O–H groups in total. The van der Waals surface area contributed by atoms with Crippen LogP contribution in [0.25, 0.3) is 0 Å². The number of hydrogen-bond donors (Lipinski definition) is 1. The van der Waals surface area contributed by atoms with Gasteiger partial charge in [-0.25, -0.2) is 0 Å². The maximum Gasteiger partial charge on any atom is 0.290 e. The lowest BCUT2D eigenvalue weighted by Gasteiger charge is -2.06. The van der Waals surface area contributed by atoms with Crippen LogP contribution in [0.3, 0.4) is 0 Å². The highest BCUT2D eigenvalue weighted by Crippen LogP contribution is 2.36. The third kappa shape index (κ3) is 3.22. The van der Waals surface area contributed by atoms with E-state index in [1.807, 2.05) is 0 Å². The Hall–Kier alpha value is -1.33. The van der Waals surface area contributed by atoms with Gasteiger partial charge in [-0.2, -0.15) is 0 Å². The van der Waals surface area contributed by atoms with E-state index in [4.69, 9.17) is 23.2 Å². The van der Waals surface area contributed by atoms with Crippen LogP contribution in [0.2, 0.25) is 10.0 Å². The molecule has 1 aliphatic rings. The molecule has 1 amide bonds. The van der Waals surface area contributed by atoms with Gasteiger partial charge in [0.15, 0.2) is 0 Å². The van der Waals surface area contributed by atoms with Gasteiger partial charge >= 0.3 is 0 Å². The summed E-state index contributed by atoms with van der Waals surface area (Å²) < 4.78 is 0. The predicted molar refractivity (Wildman–Crippen MR) is 77.4 cm³/mol. The van der Waals surface area contributed by atoms with Crippen molar-refractivity contribution < 1.29 is 9.72 Å². The number of nitrogens with one attached hydrogen (secondary N) is 1. The van der Waals surface area contributed by atoms with Crippen LogP contribution in [-0.2, 0) is 0 Å². The average Bonchev–Trinajstić information content (AvgIpc) is 3.10. The fourth-order valence-electron chi connectivity index (χ4n) is 2.20. The maximum atomic E-state index is 12.0. The van der Waals surface area contributed by atoms with Gasteiger partial charge in [0.2, 0.25) is 0 Å². The molecule has 0 spiro atoms. The molecule has 0 saturated heterocycles. The Labute approximate surface area is 126 Å². The lowest BCUT2D eigenvalue weighted by Crippen LogP contribution is -2.26. The fraction of sp³-hybridized carbons (Fsp3) is 0.462. The molecule has 0 radical (unpaired) electrons. The molecule has 5 nitrogen and oxygen atoms in total. The molecule has 2 unspecified atom stereocenters. The van der Waals surface area contributed by atoms with Crippen LogP contribution in [0.15, 0.2) is 12.1 Å². The van der Waals surface area contributed by atoms with E-state index in [1.165, 1.54) is 6.07 Å². The van der Waals surface area contributed by atoms with E-state index < -0.39 is 4.92 Å². The molecule has 1 fully saturated rings. The second kappa shape index (κ2) is 5.97. The molecule has 1 aromatic carbocycles. The summed E-state index contributed by atoms with van der Waals surface area (Å²) in [5.74, 6) is 0.164. The SMILES string of the molecule is CCCC1CC1NC(=O)c1cc(Cl)c(Cl)c([N+](=O)[O-])c1. The van der Waals surface area contributed by atoms with Gasteiger partial charge in [-0.1, -0.05) is 36.5 Å². The standard InChI is InChI=1S/C13H14Cl2N2O3/c1-2-3-7-5-10(7)16-13(18)8-4-9(14)12(15)11(6-8)17(19)20/h4,6-7,10H,2-3,5H2,1H3,(H,16,18). The lowest BCUT2D eigenvalue weighted by atomic mass is 10.2. The number of hydrogen-bond acceptors (Lipinski definition) is 3. The van der Waals surface area contributed by atoms with E-state index in [0.717, 1.165) is 25.3 Å². The molecular formula is C13H14Cl2N2O3. The van der Waals surface area contributed by atoms with Crippen molar-refractivity contribution in [3.63, 3.8) is 0 Å². The zero-order valence-electron chi connectivity index (χ0n) is 10.9. The van der Waals surface area contributed by atoms with Gasteiger partial charge in [0.25, 0.3) is 11.6 Å². The van der Waals surface area contributed by atoms with Crippen LogP contribution in [0.5, 0.6) is 0 Å². The summed E-state index contributed by atoms with van der Waals surface area (Å²) in [7, 11) is 0. The van der Waals surface area contributed by atoms with Gasteiger partial charge in [-0.3, -0.25) is 14.9 Å². The number of rotatable bonds is 5. The second-order valence-electron chi connectivity index (χ2n) is 4.91. The van der Waals surface area contributed by atoms with Gasteiger partial charge in [-0.15, -0.1) is 0 Å². The number of benzene rings is 1. The Bertz CT molecular complexity index is 563. The van der Waals surface area contributed by atoms with E-state index in [2.05, 4.69) is 12.2 Å². The van der Waals surface area contributed by atoms with Crippen molar-refractivity contribution in [3.8, 4) is 0 Å². The first-order chi connectivity index (χ1) is 9.43. The summed E-state index contributed by atoms with van der Waals surface area (Å²) in [6.45, 7) is 2.10. The summed E-state index contributed by atoms with van der Waals surface area (Å²) >= 11 is 11.6. The normalized spacial score (nSPS) is 20.6. The fourth-order valence-corrected chi connectivity index (χ4v) is 2.60. The first-order valence-corrected chi connectivity index (χ1v) is 7.14. The van der Waals surface area contributed by atoms with Gasteiger partial charge < -0.3 is 5.32 Å². The number of nitro groups is 1. The zero-order valence-corrected chi connectivity index (χ0v) is 12.4. The topological polar surface area (TPSA) is 72.2 Å². The second-order valence-corrected chi connectivity index (χ2v) is 5.70. The van der Waals surface area contributed by atoms with Gasteiger partial charge in [0, 0.05) is 17.7 Å². The molecule has 108 valence electrons. The molecule has 0 aromatic heterocycles. The molecule has 2 rings (SSSR count). The van der Waals surface area contributed by atoms with Crippen molar-refractivity contribution in [1.29, 1.82) is 0 Å². The zero-order chi connectivity index (χ0) is 14.9. The average molecular weight is 317 g/mol. The van der Waals surface area contributed by atoms with Crippen LogP contribution in [-0.4, -0.2) is 16.9 Å². The number of carbonyl (C=O) groups excluding carboxylic acids is 1. The van der Waals surface area contributed by atoms with Crippen molar-refractivity contribution in [1.82, 2.24) is 5.32 Å². The Kier molecular flexibility index (Phi) is 4.50. The number of amides is 1. The molecule has 1 aliphatic carbocycles. The van der Waals surface area contributed by atoms with E-state index in [9.17, 15) is 14.9 Å². The summed E-state index contributed by atoms with van der Waals surface area (Å²) in [6, 6.07) is 2.67. The largest absolute Gasteiger partial charge is 0.349 e. The first kappa shape index (κ1) is 15.1. The summed E-state index contributed by atoms with van der Waals surface area (Å²) in [5.41, 5.74) is -0.196. The van der Waals surface area contributed by atoms with Crippen LogP contribution < -0.4 is 5.32 Å². The molecule has 0 heterocycles. The minimum Gasteiger partial charge on any atom is -0.349 e. The molecule has 7 heteroatoms. The Morgan fingerprint density at radius 1 is 1.50 bits per heavy atom. The monoisotopic (exact) mass is 316 g/mol. The van der Waals surface area contributed by atoms with Gasteiger partial charge in [-0.05, 0) is 24.8 Å². The van der Waals surface area contributed by atoms with Crippen LogP contribution in [0.1, 0.15) is 36.5 Å². The summed E-state index contributed by atoms with van der Waals surface area (Å²) in [4.78, 5) is 22.2. The highest BCUT2D eigenvalue weighted by molar-refractivity contribution is 6.43. The number of nitrogens with zero attached hydrogens (tertiary/aromatic N) is 1. The van der Waals surface area contributed by atoms with Crippen molar-refractivity contribution in [2.24, 2.45) is 5.92 Å². The van der Waals surface area contributed by atoms with E-state index in [0.29, 0.717) is 5.92 Å². The Morgan fingerprint density at radius 2 is 2.20 bits per heavy atom. The molecule has 0 bridgehead atoms. The smallest absolute Gasteiger partial charge is 0.290 e. The molecule has 2 atom stereocenters. The maximum absolute atomic E-state index is 12.0. The molecule has 0 aliphatic heterocycles. The molecular weight excluding hydrogens is 303 g/mol. The molecule has 1 saturated carbocycles. The van der Waals surface area contributed by atoms with Crippen LogP contribution in [0.4, 0.5) is 5.69 Å². The minimum atomic E-state index is -0.651. The highest BCUT2D eigenvalue weighted by Gasteiger charge is 2.37. The third-order valence-corrected chi connectivity index (χ3v) is 4.16. The summed E-state index contributed by atoms with van der Waals surface area (Å²) in [6.07, 6.45) is 3.12. The molecule has 1 aromatic rings. The van der Waals surface area contributed by atoms with Gasteiger partial charge in [0.05, 0.1) is 9.95 Å². The Balaban J connectivity index is 2.13. The highest BCUT2D eigenvalue weighted by atomic mass is 35.5. The van der Waals surface area contributed by atoms with Crippen LogP contribution >= 0.6 is 23.2 Å². The van der Waals surface area contributed by atoms with Crippen molar-refractivity contribution in [3.05, 3.63) is 37.9 Å². The van der Waals surface area contributed by atoms with Crippen molar-refractivity contribution in [2.45, 2.75) is 32.2 Å². The van der Waals surface area contributed by atoms with Crippen molar-refractivity contribution >= 4 is 34.8 Å². The quantitative estimate of drug-likeness (QED) is 0.663. The number of halogens is 2. The lowest BCUT2D eigenvalue weighted by molar-refractivity contribution is -0.384. The third-order valence-electron chi connectivity index (χ3n) is 3.37. The van der Waals surface area contributed by atoms with Gasteiger partial charge in [0.1, 0.15) is 5.02 Å². The van der Waals surface area contributed by atoms with E-state index >= 15 is 0 Å². The molecule has 20 heavy (non-hydrogen) atoms. The first-order valence-electron chi connectivity index (χ1n) is 6.38. The number of carbonyl (C=O) groups is 1. The van der Waals surface area contributed by atoms with Crippen LogP contribution in [0, 0.1) is 16.0 Å². The van der Waals surface area contributed by atoms with E-state index in [-0.39, 0.29) is 33.2 Å². The predicted octanol–water partition coefficient (Wildman–Crippen LogP) is 3.82. The van der Waals surface area contributed by atoms with E-state index in [1.54, 1.807) is 0 Å². The minimum absolute atomic E-state index is 0.00641. The Morgan fingerprint density at radius 3 is 2.80 bits per heavy atom. The van der Waals surface area contributed by atoms with Crippen molar-refractivity contribution in [2.75, 3.05) is 0 Å².